The van der Waals surface area contributed by atoms with E-state index in [0.29, 0.717) is 0 Å². The second-order valence-electron chi connectivity index (χ2n) is 10.9. The van der Waals surface area contributed by atoms with Crippen LogP contribution in [0.25, 0.3) is 33.0 Å². The molecule has 5 aromatic rings. The van der Waals surface area contributed by atoms with Gasteiger partial charge in [-0.05, 0) is 82.5 Å². The molecule has 0 aliphatic carbocycles. The maximum Gasteiger partial charge on any atom is 0.406 e. The molecule has 0 unspecified atom stereocenters. The van der Waals surface area contributed by atoms with E-state index in [1.807, 2.05) is 0 Å². The Labute approximate surface area is 247 Å². The van der Waals surface area contributed by atoms with Crippen molar-refractivity contribution in [3.63, 3.8) is 0 Å². The molecule has 0 amide bonds. The maximum atomic E-state index is 3.96. The molecular weight excluding hydrogens is 551 g/mol. The lowest BCUT2D eigenvalue weighted by molar-refractivity contribution is 0.795. The van der Waals surface area contributed by atoms with E-state index in [2.05, 4.69) is 137 Å². The van der Waals surface area contributed by atoms with Gasteiger partial charge in [0.05, 0.1) is 0 Å². The first-order valence-corrected chi connectivity index (χ1v) is 15.5. The van der Waals surface area contributed by atoms with Crippen LogP contribution in [0, 0.1) is 0 Å². The van der Waals surface area contributed by atoms with E-state index in [0.717, 1.165) is 17.3 Å². The van der Waals surface area contributed by atoms with Crippen LogP contribution in [-0.4, -0.2) is 6.98 Å². The third kappa shape index (κ3) is 5.30. The number of hydrogen-bond acceptors (Lipinski definition) is 2. The Balaban J connectivity index is 1.48. The number of halogens is 1. The number of anilines is 2. The van der Waals surface area contributed by atoms with Gasteiger partial charge in [0.1, 0.15) is 0 Å². The summed E-state index contributed by atoms with van der Waals surface area (Å²) in [6, 6.07) is 35.9. The Morgan fingerprint density at radius 1 is 0.600 bits per heavy atom. The maximum absolute atomic E-state index is 3.96. The second-order valence-corrected chi connectivity index (χ2v) is 11.8. The zero-order valence-corrected chi connectivity index (χ0v) is 25.0. The van der Waals surface area contributed by atoms with Gasteiger partial charge >= 0.3 is 6.98 Å². The van der Waals surface area contributed by atoms with Crippen LogP contribution in [0.4, 0.5) is 11.4 Å². The van der Waals surface area contributed by atoms with E-state index in [1.54, 1.807) is 0 Å². The highest BCUT2D eigenvalue weighted by Crippen LogP contribution is 2.39. The molecule has 0 radical (unpaired) electrons. The lowest BCUT2D eigenvalue weighted by Crippen LogP contribution is -2.48. The number of aryl methyl sites for hydroxylation is 2. The predicted molar refractivity (Wildman–Crippen MR) is 179 cm³/mol. The molecule has 1 aliphatic heterocycles. The van der Waals surface area contributed by atoms with E-state index in [-0.39, 0.29) is 6.98 Å². The molecule has 5 aromatic carbocycles. The van der Waals surface area contributed by atoms with Crippen LogP contribution in [0.2, 0.25) is 0 Å². The van der Waals surface area contributed by atoms with E-state index in [4.69, 9.17) is 0 Å². The smallest absolute Gasteiger partial charge is 0.405 e. The molecule has 4 heteroatoms. The van der Waals surface area contributed by atoms with Crippen molar-refractivity contribution < 1.29 is 0 Å². The minimum Gasteiger partial charge on any atom is -0.405 e. The van der Waals surface area contributed by atoms with Gasteiger partial charge in [-0.1, -0.05) is 121 Å². The predicted octanol–water partition coefficient (Wildman–Crippen LogP) is 9.85. The average molecular weight is 587 g/mol. The van der Waals surface area contributed by atoms with Gasteiger partial charge in [0.15, 0.2) is 0 Å². The highest BCUT2D eigenvalue weighted by Gasteiger charge is 2.30. The zero-order valence-electron chi connectivity index (χ0n) is 23.4. The number of rotatable bonds is 9. The normalized spacial score (nSPS) is 12.3. The minimum absolute atomic E-state index is 0.0639. The van der Waals surface area contributed by atoms with Crippen molar-refractivity contribution in [2.75, 3.05) is 10.5 Å². The third-order valence-electron chi connectivity index (χ3n) is 8.13. The monoisotopic (exact) mass is 586 g/mol. The van der Waals surface area contributed by atoms with Crippen LogP contribution in [0.1, 0.15) is 50.7 Å². The average Bonchev–Trinajstić information content (AvgIpc) is 2.99. The van der Waals surface area contributed by atoms with Crippen molar-refractivity contribution in [3.05, 3.63) is 113 Å². The van der Waals surface area contributed by atoms with E-state index < -0.39 is 0 Å². The molecule has 1 heterocycles. The van der Waals surface area contributed by atoms with Crippen LogP contribution in [0.3, 0.4) is 0 Å². The van der Waals surface area contributed by atoms with Crippen LogP contribution < -0.4 is 15.9 Å². The summed E-state index contributed by atoms with van der Waals surface area (Å²) >= 11 is 3.96. The molecule has 200 valence electrons. The first-order valence-electron chi connectivity index (χ1n) is 14.7. The summed E-state index contributed by atoms with van der Waals surface area (Å²) in [6.07, 6.45) is 7.13. The van der Waals surface area contributed by atoms with Gasteiger partial charge in [0.2, 0.25) is 0 Å². The van der Waals surface area contributed by atoms with E-state index in [1.165, 1.54) is 86.7 Å². The summed E-state index contributed by atoms with van der Waals surface area (Å²) in [6.45, 7) is 4.44. The van der Waals surface area contributed by atoms with Crippen molar-refractivity contribution in [2.24, 2.45) is 0 Å². The molecular formula is C36H36BBrN2. The summed E-state index contributed by atoms with van der Waals surface area (Å²) < 4.78 is 1.11. The Morgan fingerprint density at radius 2 is 1.12 bits per heavy atom. The molecule has 2 nitrogen and oxygen atoms in total. The fraction of sp³-hybridized carbons (Fsp3) is 0.222. The summed E-state index contributed by atoms with van der Waals surface area (Å²) in [5.74, 6) is 0. The SMILES string of the molecule is CCCCc1ccc(-c2c(Br)ccc(B3Nc4cccc5cccc(c45)N3)c2-c2ccc(CCCC)cc2)cc1. The molecule has 0 bridgehead atoms. The van der Waals surface area contributed by atoms with Gasteiger partial charge in [0.25, 0.3) is 0 Å². The summed E-state index contributed by atoms with van der Waals surface area (Å²) in [7, 11) is 0. The molecule has 0 saturated carbocycles. The number of hydrogen-bond donors (Lipinski definition) is 2. The van der Waals surface area contributed by atoms with Crippen LogP contribution >= 0.6 is 15.9 Å². The van der Waals surface area contributed by atoms with Crippen molar-refractivity contribution in [3.8, 4) is 22.3 Å². The Bertz CT molecular complexity index is 1590. The molecule has 1 aliphatic rings. The standard InChI is InChI=1S/C36H36BBrN2/c1-3-5-9-25-15-19-28(20-16-25)34-30(37-39-32-13-7-11-27-12-8-14-33(40-37)36(27)32)23-24-31(38)35(34)29-21-17-26(18-22-29)10-6-4-2/h7-8,11-24,39-40H,3-6,9-10H2,1-2H3. The fourth-order valence-corrected chi connectivity index (χ4v) is 6.51. The lowest BCUT2D eigenvalue weighted by Gasteiger charge is -2.29. The molecule has 0 aromatic heterocycles. The Morgan fingerprint density at radius 3 is 1.65 bits per heavy atom. The summed E-state index contributed by atoms with van der Waals surface area (Å²) in [5, 5.41) is 10.2. The molecule has 6 rings (SSSR count). The highest BCUT2D eigenvalue weighted by atomic mass is 79.9. The van der Waals surface area contributed by atoms with Crippen LogP contribution in [0.5, 0.6) is 0 Å². The third-order valence-corrected chi connectivity index (χ3v) is 8.79. The number of unbranched alkanes of at least 4 members (excludes halogenated alkanes) is 2. The van der Waals surface area contributed by atoms with Crippen molar-refractivity contribution in [1.29, 1.82) is 0 Å². The van der Waals surface area contributed by atoms with Crippen molar-refractivity contribution >= 4 is 50.5 Å². The molecule has 0 fully saturated rings. The van der Waals surface area contributed by atoms with Gasteiger partial charge in [-0.3, -0.25) is 0 Å². The van der Waals surface area contributed by atoms with Crippen molar-refractivity contribution in [2.45, 2.75) is 52.4 Å². The van der Waals surface area contributed by atoms with Crippen molar-refractivity contribution in [1.82, 2.24) is 0 Å². The molecule has 40 heavy (non-hydrogen) atoms. The molecule has 0 saturated heterocycles. The zero-order chi connectivity index (χ0) is 27.5. The van der Waals surface area contributed by atoms with Gasteiger partial charge in [-0.2, -0.15) is 0 Å². The first kappa shape index (κ1) is 26.7. The van der Waals surface area contributed by atoms with Gasteiger partial charge in [-0.15, -0.1) is 0 Å². The Kier molecular flexibility index (Phi) is 7.97. The fourth-order valence-electron chi connectivity index (χ4n) is 5.95. The molecule has 2 N–H and O–H groups in total. The highest BCUT2D eigenvalue weighted by molar-refractivity contribution is 9.10. The molecule has 0 atom stereocenters. The van der Waals surface area contributed by atoms with E-state index in [9.17, 15) is 0 Å². The van der Waals surface area contributed by atoms with Crippen LogP contribution in [-0.2, 0) is 12.8 Å². The Hall–Kier alpha value is -3.50. The van der Waals surface area contributed by atoms with Gasteiger partial charge < -0.3 is 10.5 Å². The first-order chi connectivity index (χ1) is 19.7. The van der Waals surface area contributed by atoms with Gasteiger partial charge in [-0.25, -0.2) is 0 Å². The van der Waals surface area contributed by atoms with Gasteiger partial charge in [0, 0.05) is 26.8 Å². The number of nitrogens with one attached hydrogen (secondary N) is 2. The van der Waals surface area contributed by atoms with Crippen LogP contribution in [0.15, 0.2) is 102 Å². The second kappa shape index (κ2) is 11.9. The topological polar surface area (TPSA) is 24.1 Å². The quantitative estimate of drug-likeness (QED) is 0.168. The molecule has 0 spiro atoms. The lowest BCUT2D eigenvalue weighted by atomic mass is 9.62. The largest absolute Gasteiger partial charge is 0.406 e. The number of benzene rings is 5. The van der Waals surface area contributed by atoms with E-state index >= 15 is 0 Å². The summed E-state index contributed by atoms with van der Waals surface area (Å²) in [4.78, 5) is 0. The summed E-state index contributed by atoms with van der Waals surface area (Å²) in [5.41, 5.74) is 11.3. The minimum atomic E-state index is -0.0639.